The molecule has 0 aromatic heterocycles. The third-order valence-electron chi connectivity index (χ3n) is 6.25. The maximum Gasteiger partial charge on any atom is 0.329 e. The van der Waals surface area contributed by atoms with Crippen LogP contribution in [0.4, 0.5) is 0 Å². The van der Waals surface area contributed by atoms with E-state index in [1.807, 2.05) is 61.5 Å². The molecule has 2 unspecified atom stereocenters. The minimum atomic E-state index is -0.955. The van der Waals surface area contributed by atoms with Crippen LogP contribution in [0, 0.1) is 5.92 Å². The molecule has 0 radical (unpaired) electrons. The van der Waals surface area contributed by atoms with Gasteiger partial charge in [0.1, 0.15) is 24.1 Å². The van der Waals surface area contributed by atoms with Crippen molar-refractivity contribution in [2.45, 2.75) is 38.8 Å². The topological polar surface area (TPSA) is 102 Å². The predicted octanol–water partition coefficient (Wildman–Crippen LogP) is 4.87. The number of carbonyl (C=O) groups excluding carboxylic acids is 3. The van der Waals surface area contributed by atoms with Crippen molar-refractivity contribution in [2.24, 2.45) is 5.92 Å². The first-order chi connectivity index (χ1) is 18.3. The number of phenolic OH excluding ortho intramolecular Hbond substituents is 1. The fourth-order valence-corrected chi connectivity index (χ4v) is 4.82. The third kappa shape index (κ3) is 8.66. The first kappa shape index (κ1) is 28.8. The molecule has 3 aromatic carbocycles. The number of hydrogen-bond acceptors (Lipinski definition) is 7. The minimum absolute atomic E-state index is 0.0769. The molecular weight excluding hydrogens is 502 g/mol. The van der Waals surface area contributed by atoms with Crippen molar-refractivity contribution in [1.82, 2.24) is 5.32 Å². The van der Waals surface area contributed by atoms with Gasteiger partial charge in [-0.2, -0.15) is 0 Å². The van der Waals surface area contributed by atoms with Gasteiger partial charge in [0.2, 0.25) is 5.91 Å². The lowest BCUT2D eigenvalue weighted by molar-refractivity contribution is -0.149. The number of esters is 1. The number of amides is 1. The monoisotopic (exact) mass is 535 g/mol. The second-order valence-electron chi connectivity index (χ2n) is 9.00. The first-order valence-corrected chi connectivity index (χ1v) is 13.3. The van der Waals surface area contributed by atoms with Crippen molar-refractivity contribution in [2.75, 3.05) is 12.9 Å². The summed E-state index contributed by atoms with van der Waals surface area (Å²) in [5, 5.41) is 12.4. The van der Waals surface area contributed by atoms with Crippen LogP contribution in [0.25, 0.3) is 0 Å². The summed E-state index contributed by atoms with van der Waals surface area (Å²) in [6.45, 7) is 3.47. The number of hydrogen-bond donors (Lipinski definition) is 2. The van der Waals surface area contributed by atoms with Gasteiger partial charge in [-0.05, 0) is 46.9 Å². The molecule has 3 atom stereocenters. The second-order valence-corrected chi connectivity index (χ2v) is 10.2. The highest BCUT2D eigenvalue weighted by Crippen LogP contribution is 2.29. The van der Waals surface area contributed by atoms with E-state index in [-0.39, 0.29) is 41.5 Å². The van der Waals surface area contributed by atoms with E-state index in [2.05, 4.69) is 5.32 Å². The molecule has 3 aromatic rings. The summed E-state index contributed by atoms with van der Waals surface area (Å²) >= 11 is 1.08. The van der Waals surface area contributed by atoms with E-state index in [4.69, 9.17) is 9.47 Å². The van der Waals surface area contributed by atoms with Crippen molar-refractivity contribution in [3.8, 4) is 11.5 Å². The van der Waals surface area contributed by atoms with E-state index in [9.17, 15) is 19.5 Å². The maximum atomic E-state index is 13.6. The van der Waals surface area contributed by atoms with Crippen LogP contribution in [-0.4, -0.2) is 41.0 Å². The molecule has 0 heterocycles. The molecule has 0 bridgehead atoms. The zero-order valence-corrected chi connectivity index (χ0v) is 22.6. The molecular formula is C30H33NO6S. The van der Waals surface area contributed by atoms with Gasteiger partial charge < -0.3 is 19.9 Å². The van der Waals surface area contributed by atoms with Crippen LogP contribution in [0.15, 0.2) is 78.9 Å². The van der Waals surface area contributed by atoms with E-state index in [0.717, 1.165) is 28.5 Å². The van der Waals surface area contributed by atoms with E-state index < -0.39 is 17.9 Å². The molecule has 0 aliphatic carbocycles. The first-order valence-electron chi connectivity index (χ1n) is 12.3. The van der Waals surface area contributed by atoms with Gasteiger partial charge in [0.15, 0.2) is 5.12 Å². The number of aromatic hydroxyl groups is 1. The summed E-state index contributed by atoms with van der Waals surface area (Å²) in [4.78, 5) is 38.5. The van der Waals surface area contributed by atoms with Crippen LogP contribution in [-0.2, 0) is 32.1 Å². The van der Waals surface area contributed by atoms with E-state index in [0.29, 0.717) is 5.75 Å². The summed E-state index contributed by atoms with van der Waals surface area (Å²) in [5.41, 5.74) is 2.50. The predicted molar refractivity (Wildman–Crippen MR) is 148 cm³/mol. The number of benzene rings is 3. The fourth-order valence-electron chi connectivity index (χ4n) is 3.96. The van der Waals surface area contributed by atoms with Crippen molar-refractivity contribution >= 4 is 28.8 Å². The van der Waals surface area contributed by atoms with Crippen molar-refractivity contribution in [3.05, 3.63) is 95.6 Å². The molecule has 7 nitrogen and oxygen atoms in total. The highest BCUT2D eigenvalue weighted by molar-refractivity contribution is 8.13. The number of rotatable bonds is 12. The van der Waals surface area contributed by atoms with E-state index in [1.165, 1.54) is 19.1 Å². The lowest BCUT2D eigenvalue weighted by Crippen LogP contribution is -2.47. The largest absolute Gasteiger partial charge is 0.508 e. The zero-order chi connectivity index (χ0) is 27.5. The minimum Gasteiger partial charge on any atom is -0.508 e. The van der Waals surface area contributed by atoms with Crippen molar-refractivity contribution in [3.63, 3.8) is 0 Å². The number of phenols is 1. The number of thioether (sulfide) groups is 1. The molecule has 200 valence electrons. The molecule has 2 N–H and O–H groups in total. The van der Waals surface area contributed by atoms with Gasteiger partial charge >= 0.3 is 5.97 Å². The Labute approximate surface area is 227 Å². The molecule has 0 fully saturated rings. The second kappa shape index (κ2) is 14.2. The Morgan fingerprint density at radius 2 is 1.58 bits per heavy atom. The average molecular weight is 536 g/mol. The Morgan fingerprint density at radius 3 is 2.18 bits per heavy atom. The zero-order valence-electron chi connectivity index (χ0n) is 21.8. The fraction of sp³-hybridized carbons (Fsp3) is 0.300. The molecule has 38 heavy (non-hydrogen) atoms. The van der Waals surface area contributed by atoms with Crippen molar-refractivity contribution < 1.29 is 29.0 Å². The molecule has 0 aliphatic rings. The summed E-state index contributed by atoms with van der Waals surface area (Å²) in [5.74, 6) is -0.651. The SMILES string of the molecule is COc1ccc(C(C)C(CSC(C)=O)C(=O)N[C@@H](Cc2ccc(O)cc2)C(=O)OCc2ccccc2)cc1. The average Bonchev–Trinajstić information content (AvgIpc) is 2.93. The Hall–Kier alpha value is -3.78. The highest BCUT2D eigenvalue weighted by atomic mass is 32.2. The van der Waals surface area contributed by atoms with Crippen molar-refractivity contribution in [1.29, 1.82) is 0 Å². The van der Waals surface area contributed by atoms with Gasteiger partial charge in [-0.1, -0.05) is 73.3 Å². The van der Waals surface area contributed by atoms with Crippen LogP contribution >= 0.6 is 11.8 Å². The Kier molecular flexibility index (Phi) is 10.8. The number of ether oxygens (including phenoxy) is 2. The number of nitrogens with one attached hydrogen (secondary N) is 1. The van der Waals surface area contributed by atoms with Crippen LogP contribution in [0.3, 0.4) is 0 Å². The van der Waals surface area contributed by atoms with Gasteiger partial charge in [-0.15, -0.1) is 0 Å². The summed E-state index contributed by atoms with van der Waals surface area (Å²) in [6.07, 6.45) is 0.184. The lowest BCUT2D eigenvalue weighted by atomic mass is 9.87. The van der Waals surface area contributed by atoms with E-state index in [1.54, 1.807) is 19.2 Å². The summed E-state index contributed by atoms with van der Waals surface area (Å²) < 4.78 is 10.8. The summed E-state index contributed by atoms with van der Waals surface area (Å²) in [7, 11) is 1.59. The van der Waals surface area contributed by atoms with Crippen LogP contribution in [0.5, 0.6) is 11.5 Å². The number of methoxy groups -OCH3 is 1. The van der Waals surface area contributed by atoms with Gasteiger partial charge in [-0.25, -0.2) is 4.79 Å². The Morgan fingerprint density at radius 1 is 0.921 bits per heavy atom. The van der Waals surface area contributed by atoms with Gasteiger partial charge in [0.05, 0.1) is 13.0 Å². The third-order valence-corrected chi connectivity index (χ3v) is 7.18. The lowest BCUT2D eigenvalue weighted by Gasteiger charge is -2.26. The maximum absolute atomic E-state index is 13.6. The number of carbonyl (C=O) groups is 3. The highest BCUT2D eigenvalue weighted by Gasteiger charge is 2.31. The molecule has 8 heteroatoms. The normalized spacial score (nSPS) is 13.1. The van der Waals surface area contributed by atoms with Crippen LogP contribution in [0.2, 0.25) is 0 Å². The van der Waals surface area contributed by atoms with Crippen LogP contribution in [0.1, 0.15) is 36.5 Å². The molecule has 0 aliphatic heterocycles. The Balaban J connectivity index is 1.81. The van der Waals surface area contributed by atoms with Gasteiger partial charge in [-0.3, -0.25) is 9.59 Å². The molecule has 0 saturated carbocycles. The molecule has 0 spiro atoms. The standard InChI is InChI=1S/C30H33NO6S/c1-20(24-11-15-26(36-3)16-12-24)27(19-38-21(2)32)29(34)31-28(17-22-9-13-25(33)14-10-22)30(35)37-18-23-7-5-4-6-8-23/h4-16,20,27-28,33H,17-19H2,1-3H3,(H,31,34)/t20?,27?,28-/m0/s1. The smallest absolute Gasteiger partial charge is 0.329 e. The van der Waals surface area contributed by atoms with Crippen LogP contribution < -0.4 is 10.1 Å². The summed E-state index contributed by atoms with van der Waals surface area (Å²) in [6, 6.07) is 22.2. The van der Waals surface area contributed by atoms with Gasteiger partial charge in [0.25, 0.3) is 0 Å². The molecule has 0 saturated heterocycles. The Bertz CT molecular complexity index is 1200. The van der Waals surface area contributed by atoms with E-state index >= 15 is 0 Å². The quantitative estimate of drug-likeness (QED) is 0.319. The van der Waals surface area contributed by atoms with Gasteiger partial charge in [0, 0.05) is 19.1 Å². The molecule has 1 amide bonds. The molecule has 3 rings (SSSR count).